The van der Waals surface area contributed by atoms with Gasteiger partial charge in [0, 0.05) is 24.3 Å². The van der Waals surface area contributed by atoms with Crippen molar-refractivity contribution >= 4 is 34.6 Å². The summed E-state index contributed by atoms with van der Waals surface area (Å²) in [5.74, 6) is 1.04. The first-order chi connectivity index (χ1) is 13.5. The second kappa shape index (κ2) is 9.06. The molecule has 148 valence electrons. The number of hydrogen-bond donors (Lipinski definition) is 2. The third kappa shape index (κ3) is 4.62. The van der Waals surface area contributed by atoms with Gasteiger partial charge in [-0.1, -0.05) is 19.1 Å². The minimum absolute atomic E-state index is 0.119. The zero-order chi connectivity index (χ0) is 20.1. The molecule has 0 unspecified atom stereocenters. The van der Waals surface area contributed by atoms with Gasteiger partial charge in [0.25, 0.3) is 0 Å². The summed E-state index contributed by atoms with van der Waals surface area (Å²) < 4.78 is 5.22. The first kappa shape index (κ1) is 20.1. The largest absolute Gasteiger partial charge is 0.497 e. The lowest BCUT2D eigenvalue weighted by atomic mass is 10.0. The van der Waals surface area contributed by atoms with Crippen LogP contribution in [0.5, 0.6) is 5.75 Å². The van der Waals surface area contributed by atoms with Crippen LogP contribution in [0.3, 0.4) is 0 Å². The number of hydrogen-bond acceptors (Lipinski definition) is 3. The van der Waals surface area contributed by atoms with E-state index in [0.29, 0.717) is 11.5 Å². The van der Waals surface area contributed by atoms with Gasteiger partial charge in [-0.3, -0.25) is 4.79 Å². The number of carbonyl (C=O) groups is 1. The van der Waals surface area contributed by atoms with Crippen molar-refractivity contribution in [3.8, 4) is 5.75 Å². The monoisotopic (exact) mass is 397 g/mol. The molecule has 1 fully saturated rings. The number of amides is 1. The molecule has 1 heterocycles. The lowest BCUT2D eigenvalue weighted by Crippen LogP contribution is -2.32. The number of methoxy groups -OCH3 is 1. The SMILES string of the molecule is CC[C@H](NC(=S)Nc1ccc(N2CCCC2=O)c(C)c1)c1ccc(OC)cc1. The van der Waals surface area contributed by atoms with Crippen LogP contribution >= 0.6 is 12.2 Å². The Kier molecular flexibility index (Phi) is 6.52. The predicted octanol–water partition coefficient (Wildman–Crippen LogP) is 4.57. The maximum Gasteiger partial charge on any atom is 0.227 e. The number of thiocarbonyl (C=S) groups is 1. The number of aryl methyl sites for hydroxylation is 1. The Labute approximate surface area is 172 Å². The van der Waals surface area contributed by atoms with Gasteiger partial charge in [-0.25, -0.2) is 0 Å². The fraction of sp³-hybridized carbons (Fsp3) is 0.364. The van der Waals surface area contributed by atoms with Crippen LogP contribution in [0.15, 0.2) is 42.5 Å². The van der Waals surface area contributed by atoms with E-state index in [1.54, 1.807) is 7.11 Å². The van der Waals surface area contributed by atoms with Crippen molar-refractivity contribution in [1.82, 2.24) is 5.32 Å². The smallest absolute Gasteiger partial charge is 0.227 e. The Morgan fingerprint density at radius 2 is 2.00 bits per heavy atom. The number of nitrogens with one attached hydrogen (secondary N) is 2. The van der Waals surface area contributed by atoms with Gasteiger partial charge < -0.3 is 20.3 Å². The highest BCUT2D eigenvalue weighted by molar-refractivity contribution is 7.80. The first-order valence-corrected chi connectivity index (χ1v) is 10.0. The van der Waals surface area contributed by atoms with Crippen LogP contribution in [0.25, 0.3) is 0 Å². The van der Waals surface area contributed by atoms with Crippen LogP contribution in [-0.2, 0) is 4.79 Å². The molecule has 1 aliphatic heterocycles. The lowest BCUT2D eigenvalue weighted by molar-refractivity contribution is -0.117. The van der Waals surface area contributed by atoms with Gasteiger partial charge >= 0.3 is 0 Å². The maximum atomic E-state index is 12.0. The van der Waals surface area contributed by atoms with Crippen molar-refractivity contribution in [2.24, 2.45) is 0 Å². The minimum Gasteiger partial charge on any atom is -0.497 e. The van der Waals surface area contributed by atoms with E-state index >= 15 is 0 Å². The third-order valence-corrected chi connectivity index (χ3v) is 5.27. The van der Waals surface area contributed by atoms with Gasteiger partial charge in [-0.05, 0) is 73.4 Å². The van der Waals surface area contributed by atoms with Gasteiger partial charge in [0.2, 0.25) is 5.91 Å². The Morgan fingerprint density at radius 3 is 2.57 bits per heavy atom. The van der Waals surface area contributed by atoms with Gasteiger partial charge in [0.1, 0.15) is 5.75 Å². The summed E-state index contributed by atoms with van der Waals surface area (Å²) in [6.07, 6.45) is 2.47. The van der Waals surface area contributed by atoms with Gasteiger partial charge in [0.15, 0.2) is 5.11 Å². The zero-order valence-corrected chi connectivity index (χ0v) is 17.4. The van der Waals surface area contributed by atoms with Crippen LogP contribution in [0, 0.1) is 6.92 Å². The van der Waals surface area contributed by atoms with Crippen LogP contribution in [0.2, 0.25) is 0 Å². The molecular formula is C22H27N3O2S. The molecule has 6 heteroatoms. The molecule has 1 amide bonds. The lowest BCUT2D eigenvalue weighted by Gasteiger charge is -2.22. The summed E-state index contributed by atoms with van der Waals surface area (Å²) in [7, 11) is 1.66. The topological polar surface area (TPSA) is 53.6 Å². The van der Waals surface area contributed by atoms with E-state index in [4.69, 9.17) is 17.0 Å². The van der Waals surface area contributed by atoms with Crippen molar-refractivity contribution in [3.63, 3.8) is 0 Å². The maximum absolute atomic E-state index is 12.0. The van der Waals surface area contributed by atoms with Gasteiger partial charge in [-0.15, -0.1) is 0 Å². The van der Waals surface area contributed by atoms with Gasteiger partial charge in [-0.2, -0.15) is 0 Å². The quantitative estimate of drug-likeness (QED) is 0.700. The van der Waals surface area contributed by atoms with E-state index in [1.165, 1.54) is 0 Å². The van der Waals surface area contributed by atoms with E-state index in [2.05, 4.69) is 29.7 Å². The predicted molar refractivity (Wildman–Crippen MR) is 118 cm³/mol. The summed E-state index contributed by atoms with van der Waals surface area (Å²) in [6, 6.07) is 14.1. The van der Waals surface area contributed by atoms with E-state index in [9.17, 15) is 4.79 Å². The van der Waals surface area contributed by atoms with Crippen molar-refractivity contribution < 1.29 is 9.53 Å². The normalized spacial score (nSPS) is 14.7. The molecule has 0 aromatic heterocycles. The fourth-order valence-electron chi connectivity index (χ4n) is 3.52. The van der Waals surface area contributed by atoms with E-state index in [-0.39, 0.29) is 11.9 Å². The molecular weight excluding hydrogens is 370 g/mol. The molecule has 2 N–H and O–H groups in total. The molecule has 28 heavy (non-hydrogen) atoms. The minimum atomic E-state index is 0.119. The number of rotatable bonds is 6. The average molecular weight is 398 g/mol. The molecule has 1 aliphatic rings. The van der Waals surface area contributed by atoms with Crippen LogP contribution in [0.4, 0.5) is 11.4 Å². The molecule has 2 aromatic carbocycles. The standard InChI is InChI=1S/C22H27N3O2S/c1-4-19(16-7-10-18(27-3)11-8-16)24-22(28)23-17-9-12-20(15(2)14-17)25-13-5-6-21(25)26/h7-12,14,19H,4-6,13H2,1-3H3,(H2,23,24,28)/t19-/m0/s1. The summed E-state index contributed by atoms with van der Waals surface area (Å²) in [6.45, 7) is 4.94. The third-order valence-electron chi connectivity index (χ3n) is 5.05. The van der Waals surface area contributed by atoms with E-state index in [0.717, 1.165) is 47.6 Å². The molecule has 0 spiro atoms. The summed E-state index contributed by atoms with van der Waals surface area (Å²) in [5, 5.41) is 7.22. The number of carbonyl (C=O) groups excluding carboxylic acids is 1. The molecule has 0 aliphatic carbocycles. The fourth-order valence-corrected chi connectivity index (χ4v) is 3.78. The highest BCUT2D eigenvalue weighted by Gasteiger charge is 2.23. The number of nitrogens with zero attached hydrogens (tertiary/aromatic N) is 1. The average Bonchev–Trinajstić information content (AvgIpc) is 3.12. The molecule has 3 rings (SSSR count). The summed E-state index contributed by atoms with van der Waals surface area (Å²) in [4.78, 5) is 13.9. The van der Waals surface area contributed by atoms with Crippen LogP contribution in [0.1, 0.15) is 43.4 Å². The molecule has 0 radical (unpaired) electrons. The molecule has 2 aromatic rings. The van der Waals surface area contributed by atoms with Crippen molar-refractivity contribution in [2.45, 2.75) is 39.2 Å². The Hall–Kier alpha value is -2.60. The summed E-state index contributed by atoms with van der Waals surface area (Å²) >= 11 is 5.52. The molecule has 5 nitrogen and oxygen atoms in total. The number of benzene rings is 2. The second-order valence-corrected chi connectivity index (χ2v) is 7.39. The summed E-state index contributed by atoms with van der Waals surface area (Å²) in [5.41, 5.74) is 4.11. The van der Waals surface area contributed by atoms with Gasteiger partial charge in [0.05, 0.1) is 13.2 Å². The highest BCUT2D eigenvalue weighted by Crippen LogP contribution is 2.27. The molecule has 1 saturated heterocycles. The van der Waals surface area contributed by atoms with Crippen molar-refractivity contribution in [3.05, 3.63) is 53.6 Å². The Morgan fingerprint density at radius 1 is 1.25 bits per heavy atom. The molecule has 1 atom stereocenters. The number of ether oxygens (including phenoxy) is 1. The molecule has 0 saturated carbocycles. The Balaban J connectivity index is 1.64. The molecule has 0 bridgehead atoms. The zero-order valence-electron chi connectivity index (χ0n) is 16.6. The van der Waals surface area contributed by atoms with Crippen molar-refractivity contribution in [2.75, 3.05) is 23.9 Å². The van der Waals surface area contributed by atoms with Crippen LogP contribution in [-0.4, -0.2) is 24.7 Å². The van der Waals surface area contributed by atoms with E-state index in [1.807, 2.05) is 42.2 Å². The number of anilines is 2. The van der Waals surface area contributed by atoms with Crippen molar-refractivity contribution in [1.29, 1.82) is 0 Å². The van der Waals surface area contributed by atoms with Crippen LogP contribution < -0.4 is 20.3 Å². The first-order valence-electron chi connectivity index (χ1n) is 9.64. The highest BCUT2D eigenvalue weighted by atomic mass is 32.1. The second-order valence-electron chi connectivity index (χ2n) is 6.98. The Bertz CT molecular complexity index is 851. The van der Waals surface area contributed by atoms with E-state index < -0.39 is 0 Å².